The second-order valence-electron chi connectivity index (χ2n) is 5.59. The maximum absolute atomic E-state index is 6.62. The van der Waals surface area contributed by atoms with Gasteiger partial charge < -0.3 is 4.57 Å². The molecule has 0 spiro atoms. The van der Waals surface area contributed by atoms with Gasteiger partial charge in [0.15, 0.2) is 4.33 Å². The van der Waals surface area contributed by atoms with E-state index in [2.05, 4.69) is 53.1 Å². The molecule has 105 valence electrons. The molecular formula is C18H10Cl2NSi. The zero-order valence-electron chi connectivity index (χ0n) is 11.5. The molecule has 1 aliphatic carbocycles. The van der Waals surface area contributed by atoms with Gasteiger partial charge in [-0.25, -0.2) is 0 Å². The van der Waals surface area contributed by atoms with E-state index in [1.54, 1.807) is 0 Å². The summed E-state index contributed by atoms with van der Waals surface area (Å²) in [6.45, 7) is 0. The number of allylic oxidation sites excluding steroid dienone is 2. The van der Waals surface area contributed by atoms with E-state index >= 15 is 0 Å². The topological polar surface area (TPSA) is 4.93 Å². The summed E-state index contributed by atoms with van der Waals surface area (Å²) >= 11 is 13.2. The molecule has 1 nitrogen and oxygen atoms in total. The number of aromatic nitrogens is 1. The Kier molecular flexibility index (Phi) is 2.47. The maximum Gasteiger partial charge on any atom is 0.164 e. The SMILES string of the molecule is ClC1(Cl)C=CC2=[Si]c3ccccc3-n3c2c1c1ccccc13. The van der Waals surface area contributed by atoms with E-state index in [0.717, 1.165) is 16.5 Å². The van der Waals surface area contributed by atoms with Crippen molar-refractivity contribution in [3.8, 4) is 5.69 Å². The van der Waals surface area contributed by atoms with Crippen molar-refractivity contribution in [2.45, 2.75) is 4.33 Å². The van der Waals surface area contributed by atoms with Crippen molar-refractivity contribution in [2.24, 2.45) is 0 Å². The van der Waals surface area contributed by atoms with Gasteiger partial charge in [-0.3, -0.25) is 0 Å². The highest BCUT2D eigenvalue weighted by molar-refractivity contribution is 6.73. The van der Waals surface area contributed by atoms with E-state index in [1.807, 2.05) is 12.1 Å². The highest BCUT2D eigenvalue weighted by Crippen LogP contribution is 2.46. The molecule has 3 aromatic rings. The van der Waals surface area contributed by atoms with Crippen molar-refractivity contribution in [1.82, 2.24) is 4.57 Å². The molecular weight excluding hydrogens is 329 g/mol. The molecule has 0 bridgehead atoms. The van der Waals surface area contributed by atoms with Gasteiger partial charge in [-0.1, -0.05) is 65.7 Å². The number of hydrogen-bond acceptors (Lipinski definition) is 0. The van der Waals surface area contributed by atoms with Crippen molar-refractivity contribution >= 4 is 53.6 Å². The molecule has 2 aromatic carbocycles. The van der Waals surface area contributed by atoms with E-state index in [9.17, 15) is 0 Å². The van der Waals surface area contributed by atoms with Crippen molar-refractivity contribution in [3.05, 3.63) is 71.9 Å². The fourth-order valence-electron chi connectivity index (χ4n) is 3.45. The molecule has 1 radical (unpaired) electrons. The smallest absolute Gasteiger partial charge is 0.164 e. The number of benzene rings is 2. The minimum absolute atomic E-state index is 0.631. The van der Waals surface area contributed by atoms with Crippen LogP contribution in [0.4, 0.5) is 0 Å². The molecule has 5 rings (SSSR count). The lowest BCUT2D eigenvalue weighted by atomic mass is 10.00. The molecule has 0 unspecified atom stereocenters. The lowest BCUT2D eigenvalue weighted by Gasteiger charge is -2.27. The summed E-state index contributed by atoms with van der Waals surface area (Å²) in [5, 5.41) is 3.80. The van der Waals surface area contributed by atoms with Crippen LogP contribution < -0.4 is 5.19 Å². The first-order valence-electron chi connectivity index (χ1n) is 7.11. The molecule has 2 aliphatic rings. The summed E-state index contributed by atoms with van der Waals surface area (Å²) in [6, 6.07) is 16.9. The van der Waals surface area contributed by atoms with E-state index < -0.39 is 4.33 Å². The monoisotopic (exact) mass is 338 g/mol. The normalized spacial score (nSPS) is 17.1. The van der Waals surface area contributed by atoms with Gasteiger partial charge in [-0.2, -0.15) is 0 Å². The fourth-order valence-corrected chi connectivity index (χ4v) is 5.28. The van der Waals surface area contributed by atoms with E-state index in [0.29, 0.717) is 9.13 Å². The van der Waals surface area contributed by atoms with Crippen LogP contribution >= 0.6 is 23.2 Å². The molecule has 0 saturated heterocycles. The summed E-state index contributed by atoms with van der Waals surface area (Å²) < 4.78 is 1.34. The number of rotatable bonds is 0. The number of fused-ring (bicyclic) bond motifs is 5. The van der Waals surface area contributed by atoms with Crippen LogP contribution in [0.3, 0.4) is 0 Å². The number of halogens is 2. The summed E-state index contributed by atoms with van der Waals surface area (Å²) in [5.74, 6) is 0. The van der Waals surface area contributed by atoms with Crippen LogP contribution in [0.1, 0.15) is 11.3 Å². The van der Waals surface area contributed by atoms with Crippen molar-refractivity contribution in [1.29, 1.82) is 0 Å². The molecule has 0 atom stereocenters. The Hall–Kier alpha value is -1.61. The third kappa shape index (κ3) is 1.52. The van der Waals surface area contributed by atoms with Crippen LogP contribution in [0.15, 0.2) is 60.7 Å². The van der Waals surface area contributed by atoms with Crippen molar-refractivity contribution in [2.75, 3.05) is 0 Å². The zero-order valence-corrected chi connectivity index (χ0v) is 14.0. The first-order valence-corrected chi connectivity index (χ1v) is 8.87. The predicted molar refractivity (Wildman–Crippen MR) is 95.3 cm³/mol. The van der Waals surface area contributed by atoms with Gasteiger partial charge in [-0.05, 0) is 28.6 Å². The van der Waals surface area contributed by atoms with Gasteiger partial charge in [0.25, 0.3) is 0 Å². The molecule has 0 saturated carbocycles. The maximum atomic E-state index is 6.62. The molecule has 22 heavy (non-hydrogen) atoms. The van der Waals surface area contributed by atoms with Crippen LogP contribution in [0.5, 0.6) is 0 Å². The van der Waals surface area contributed by atoms with Gasteiger partial charge >= 0.3 is 0 Å². The fraction of sp³-hybridized carbons (Fsp3) is 0.0556. The van der Waals surface area contributed by atoms with Gasteiger partial charge in [0.1, 0.15) is 0 Å². The molecule has 1 aromatic heterocycles. The first kappa shape index (κ1) is 12.9. The second-order valence-corrected chi connectivity index (χ2v) is 8.30. The lowest BCUT2D eigenvalue weighted by molar-refractivity contribution is 1.04. The van der Waals surface area contributed by atoms with Gasteiger partial charge in [0.05, 0.1) is 20.3 Å². The second kappa shape index (κ2) is 4.22. The summed E-state index contributed by atoms with van der Waals surface area (Å²) in [6.07, 6.45) is 4.00. The minimum Gasteiger partial charge on any atom is -0.309 e. The van der Waals surface area contributed by atoms with E-state index in [-0.39, 0.29) is 0 Å². The number of hydrogen-bond donors (Lipinski definition) is 0. The quantitative estimate of drug-likeness (QED) is 0.435. The largest absolute Gasteiger partial charge is 0.309 e. The third-order valence-corrected chi connectivity index (χ3v) is 6.33. The van der Waals surface area contributed by atoms with Crippen LogP contribution in [-0.2, 0) is 4.33 Å². The Bertz CT molecular complexity index is 1010. The highest BCUT2D eigenvalue weighted by atomic mass is 35.5. The molecule has 2 heterocycles. The van der Waals surface area contributed by atoms with E-state index in [4.69, 9.17) is 23.2 Å². The zero-order chi connectivity index (χ0) is 14.9. The van der Waals surface area contributed by atoms with Gasteiger partial charge in [0, 0.05) is 16.6 Å². The molecule has 4 heteroatoms. The summed E-state index contributed by atoms with van der Waals surface area (Å²) in [7, 11) is 0.631. The minimum atomic E-state index is -0.972. The molecule has 0 fully saturated rings. The molecule has 0 amide bonds. The van der Waals surface area contributed by atoms with Crippen LogP contribution in [-0.4, -0.2) is 18.9 Å². The number of alkyl halides is 2. The Morgan fingerprint density at radius 1 is 0.955 bits per heavy atom. The summed E-state index contributed by atoms with van der Waals surface area (Å²) in [5.41, 5.74) is 4.59. The number of nitrogens with zero attached hydrogens (tertiary/aromatic N) is 1. The standard InChI is InChI=1S/C18H10Cl2NSi/c19-18(20)10-9-15-17-16(18)11-5-1-2-6-12(11)21(17)13-7-3-4-8-14(13)22-15/h1-10H. The average Bonchev–Trinajstić information content (AvgIpc) is 2.89. The Balaban J connectivity index is 2.06. The van der Waals surface area contributed by atoms with Crippen molar-refractivity contribution in [3.63, 3.8) is 0 Å². The van der Waals surface area contributed by atoms with Crippen LogP contribution in [0, 0.1) is 0 Å². The molecule has 0 N–H and O–H groups in total. The Morgan fingerprint density at radius 3 is 2.64 bits per heavy atom. The van der Waals surface area contributed by atoms with Crippen molar-refractivity contribution < 1.29 is 0 Å². The molecule has 1 aliphatic heterocycles. The van der Waals surface area contributed by atoms with Crippen LogP contribution in [0.2, 0.25) is 0 Å². The summed E-state index contributed by atoms with van der Waals surface area (Å²) in [4.78, 5) is 0. The lowest BCUT2D eigenvalue weighted by Crippen LogP contribution is -2.32. The van der Waals surface area contributed by atoms with Crippen LogP contribution in [0.25, 0.3) is 16.6 Å². The highest BCUT2D eigenvalue weighted by Gasteiger charge is 2.37. The third-order valence-electron chi connectivity index (χ3n) is 4.34. The Labute approximate surface area is 140 Å². The van der Waals surface area contributed by atoms with Gasteiger partial charge in [-0.15, -0.1) is 0 Å². The Morgan fingerprint density at radius 2 is 1.73 bits per heavy atom. The van der Waals surface area contributed by atoms with Gasteiger partial charge in [0.2, 0.25) is 0 Å². The number of para-hydroxylation sites is 2. The average molecular weight is 339 g/mol. The van der Waals surface area contributed by atoms with E-state index in [1.165, 1.54) is 21.7 Å². The first-order chi connectivity index (χ1) is 10.7. The predicted octanol–water partition coefficient (Wildman–Crippen LogP) is 3.69.